The molecule has 1 heterocycles. The van der Waals surface area contributed by atoms with Gasteiger partial charge in [-0.2, -0.15) is 0 Å². The maximum Gasteiger partial charge on any atom is 0.255 e. The quantitative estimate of drug-likeness (QED) is 0.857. The summed E-state index contributed by atoms with van der Waals surface area (Å²) in [5.41, 5.74) is 3.86. The molecule has 0 saturated carbocycles. The summed E-state index contributed by atoms with van der Waals surface area (Å²) in [6.07, 6.45) is 3.33. The van der Waals surface area contributed by atoms with Gasteiger partial charge in [0, 0.05) is 30.0 Å². The highest BCUT2D eigenvalue weighted by Crippen LogP contribution is 2.24. The summed E-state index contributed by atoms with van der Waals surface area (Å²) in [6, 6.07) is 16.0. The van der Waals surface area contributed by atoms with E-state index in [9.17, 15) is 4.79 Å². The van der Waals surface area contributed by atoms with E-state index in [1.807, 2.05) is 43.4 Å². The zero-order chi connectivity index (χ0) is 16.8. The first-order chi connectivity index (χ1) is 11.8. The molecule has 24 heavy (non-hydrogen) atoms. The van der Waals surface area contributed by atoms with Crippen LogP contribution in [0.1, 0.15) is 28.8 Å². The standard InChI is InChI=1S/C20H25N3O/c1-21-12-11-16-7-2-3-10-19(16)20(24)22-17-8-6-9-18(15-17)23-13-4-5-14-23/h2-3,6-10,15,21H,4-5,11-14H2,1H3,(H,22,24). The number of hydrogen-bond donors (Lipinski definition) is 2. The Hall–Kier alpha value is -2.33. The largest absolute Gasteiger partial charge is 0.371 e. The lowest BCUT2D eigenvalue weighted by atomic mass is 10.0. The van der Waals surface area contributed by atoms with Crippen LogP contribution in [0.3, 0.4) is 0 Å². The van der Waals surface area contributed by atoms with E-state index in [4.69, 9.17) is 0 Å². The molecule has 2 aromatic rings. The molecule has 1 aliphatic heterocycles. The Bertz CT molecular complexity index is 693. The number of carbonyl (C=O) groups is 1. The van der Waals surface area contributed by atoms with Crippen molar-refractivity contribution in [2.45, 2.75) is 19.3 Å². The van der Waals surface area contributed by atoms with E-state index in [-0.39, 0.29) is 5.91 Å². The lowest BCUT2D eigenvalue weighted by Crippen LogP contribution is -2.19. The Morgan fingerprint density at radius 1 is 1.08 bits per heavy atom. The molecule has 0 bridgehead atoms. The first kappa shape index (κ1) is 16.5. The minimum Gasteiger partial charge on any atom is -0.371 e. The van der Waals surface area contributed by atoms with Crippen molar-refractivity contribution in [2.24, 2.45) is 0 Å². The van der Waals surface area contributed by atoms with E-state index < -0.39 is 0 Å². The fourth-order valence-electron chi connectivity index (χ4n) is 3.17. The van der Waals surface area contributed by atoms with Crippen molar-refractivity contribution in [3.8, 4) is 0 Å². The Kier molecular flexibility index (Phi) is 5.49. The number of amides is 1. The van der Waals surface area contributed by atoms with Crippen LogP contribution in [-0.4, -0.2) is 32.6 Å². The summed E-state index contributed by atoms with van der Waals surface area (Å²) in [5, 5.41) is 6.19. The predicted molar refractivity (Wildman–Crippen MR) is 99.9 cm³/mol. The SMILES string of the molecule is CNCCc1ccccc1C(=O)Nc1cccc(N2CCCC2)c1. The second kappa shape index (κ2) is 7.97. The van der Waals surface area contributed by atoms with E-state index in [0.717, 1.165) is 42.9 Å². The van der Waals surface area contributed by atoms with Crippen LogP contribution in [0.25, 0.3) is 0 Å². The molecule has 0 unspecified atom stereocenters. The summed E-state index contributed by atoms with van der Waals surface area (Å²) in [5.74, 6) is -0.0414. The predicted octanol–water partition coefficient (Wildman–Crippen LogP) is 3.30. The smallest absolute Gasteiger partial charge is 0.255 e. The zero-order valence-corrected chi connectivity index (χ0v) is 14.2. The second-order valence-corrected chi connectivity index (χ2v) is 6.21. The summed E-state index contributed by atoms with van der Waals surface area (Å²) >= 11 is 0. The number of hydrogen-bond acceptors (Lipinski definition) is 3. The van der Waals surface area contributed by atoms with Gasteiger partial charge in [-0.15, -0.1) is 0 Å². The van der Waals surface area contributed by atoms with Crippen molar-refractivity contribution in [2.75, 3.05) is 36.9 Å². The van der Waals surface area contributed by atoms with Crippen LogP contribution in [0.15, 0.2) is 48.5 Å². The van der Waals surface area contributed by atoms with Gasteiger partial charge in [0.2, 0.25) is 0 Å². The van der Waals surface area contributed by atoms with Crippen LogP contribution >= 0.6 is 0 Å². The van der Waals surface area contributed by atoms with E-state index in [2.05, 4.69) is 27.7 Å². The van der Waals surface area contributed by atoms with Crippen molar-refractivity contribution >= 4 is 17.3 Å². The highest BCUT2D eigenvalue weighted by atomic mass is 16.1. The molecule has 4 nitrogen and oxygen atoms in total. The van der Waals surface area contributed by atoms with E-state index in [1.165, 1.54) is 18.5 Å². The minimum atomic E-state index is -0.0414. The van der Waals surface area contributed by atoms with Gasteiger partial charge in [0.25, 0.3) is 5.91 Å². The molecule has 0 radical (unpaired) electrons. The van der Waals surface area contributed by atoms with Crippen molar-refractivity contribution in [3.63, 3.8) is 0 Å². The molecule has 1 amide bonds. The van der Waals surface area contributed by atoms with E-state index in [1.54, 1.807) is 0 Å². The number of likely N-dealkylation sites (N-methyl/N-ethyl adjacent to an activating group) is 1. The van der Waals surface area contributed by atoms with Crippen molar-refractivity contribution in [3.05, 3.63) is 59.7 Å². The molecule has 0 aliphatic carbocycles. The van der Waals surface area contributed by atoms with Crippen molar-refractivity contribution in [1.29, 1.82) is 0 Å². The molecule has 1 saturated heterocycles. The summed E-state index contributed by atoms with van der Waals surface area (Å²) < 4.78 is 0. The Balaban J connectivity index is 1.74. The van der Waals surface area contributed by atoms with Gasteiger partial charge >= 0.3 is 0 Å². The number of rotatable bonds is 6. The van der Waals surface area contributed by atoms with E-state index >= 15 is 0 Å². The summed E-state index contributed by atoms with van der Waals surface area (Å²) in [7, 11) is 1.92. The van der Waals surface area contributed by atoms with Gasteiger partial charge in [-0.1, -0.05) is 24.3 Å². The second-order valence-electron chi connectivity index (χ2n) is 6.21. The average Bonchev–Trinajstić information content (AvgIpc) is 3.15. The van der Waals surface area contributed by atoms with Gasteiger partial charge in [-0.3, -0.25) is 4.79 Å². The third kappa shape index (κ3) is 3.95. The number of benzene rings is 2. The highest BCUT2D eigenvalue weighted by molar-refractivity contribution is 6.05. The third-order valence-electron chi connectivity index (χ3n) is 4.48. The number of nitrogens with zero attached hydrogens (tertiary/aromatic N) is 1. The maximum absolute atomic E-state index is 12.7. The first-order valence-corrected chi connectivity index (χ1v) is 8.67. The van der Waals surface area contributed by atoms with Crippen LogP contribution < -0.4 is 15.5 Å². The number of nitrogens with one attached hydrogen (secondary N) is 2. The molecule has 1 aliphatic rings. The fraction of sp³-hybridized carbons (Fsp3) is 0.350. The third-order valence-corrected chi connectivity index (χ3v) is 4.48. The average molecular weight is 323 g/mol. The molecular formula is C20H25N3O. The zero-order valence-electron chi connectivity index (χ0n) is 14.2. The van der Waals surface area contributed by atoms with Gasteiger partial charge in [-0.25, -0.2) is 0 Å². The van der Waals surface area contributed by atoms with Crippen LogP contribution in [0.4, 0.5) is 11.4 Å². The normalized spacial score (nSPS) is 14.0. The molecule has 2 N–H and O–H groups in total. The van der Waals surface area contributed by atoms with Gasteiger partial charge in [-0.05, 0) is 62.7 Å². The fourth-order valence-corrected chi connectivity index (χ4v) is 3.17. The maximum atomic E-state index is 12.7. The van der Waals surface area contributed by atoms with Crippen LogP contribution in [0.5, 0.6) is 0 Å². The molecule has 4 heteroatoms. The molecule has 0 spiro atoms. The topological polar surface area (TPSA) is 44.4 Å². The molecule has 2 aromatic carbocycles. The van der Waals surface area contributed by atoms with Gasteiger partial charge in [0.15, 0.2) is 0 Å². The Labute approximate surface area is 143 Å². The number of anilines is 2. The summed E-state index contributed by atoms with van der Waals surface area (Å²) in [4.78, 5) is 15.1. The van der Waals surface area contributed by atoms with Crippen molar-refractivity contribution in [1.82, 2.24) is 5.32 Å². The van der Waals surface area contributed by atoms with Crippen molar-refractivity contribution < 1.29 is 4.79 Å². The van der Waals surface area contributed by atoms with Gasteiger partial charge in [0.1, 0.15) is 0 Å². The minimum absolute atomic E-state index is 0.0414. The molecule has 3 rings (SSSR count). The van der Waals surface area contributed by atoms with Crippen LogP contribution in [0.2, 0.25) is 0 Å². The monoisotopic (exact) mass is 323 g/mol. The molecular weight excluding hydrogens is 298 g/mol. The van der Waals surface area contributed by atoms with Gasteiger partial charge < -0.3 is 15.5 Å². The van der Waals surface area contributed by atoms with Crippen LogP contribution in [-0.2, 0) is 6.42 Å². The first-order valence-electron chi connectivity index (χ1n) is 8.67. The lowest BCUT2D eigenvalue weighted by molar-refractivity contribution is 0.102. The molecule has 1 fully saturated rings. The summed E-state index contributed by atoms with van der Waals surface area (Å²) in [6.45, 7) is 3.06. The van der Waals surface area contributed by atoms with Crippen LogP contribution in [0, 0.1) is 0 Å². The molecule has 0 aromatic heterocycles. The Morgan fingerprint density at radius 3 is 2.67 bits per heavy atom. The highest BCUT2D eigenvalue weighted by Gasteiger charge is 2.14. The molecule has 0 atom stereocenters. The van der Waals surface area contributed by atoms with E-state index in [0.29, 0.717) is 0 Å². The Morgan fingerprint density at radius 2 is 1.88 bits per heavy atom. The number of carbonyl (C=O) groups excluding carboxylic acids is 1. The lowest BCUT2D eigenvalue weighted by Gasteiger charge is -2.18. The molecule has 126 valence electrons. The van der Waals surface area contributed by atoms with Gasteiger partial charge in [0.05, 0.1) is 0 Å².